The molecule has 4 nitrogen and oxygen atoms in total. The maximum atomic E-state index is 10.3. The number of hydrogen-bond acceptors (Lipinski definition) is 3. The van der Waals surface area contributed by atoms with Gasteiger partial charge in [0.2, 0.25) is 0 Å². The number of hydrogen-bond donors (Lipinski definition) is 1. The minimum Gasteiger partial charge on any atom is -0.465 e. The van der Waals surface area contributed by atoms with Crippen molar-refractivity contribution in [3.05, 3.63) is 40.0 Å². The minimum atomic E-state index is -0.785. The van der Waals surface area contributed by atoms with Crippen LogP contribution in [-0.4, -0.2) is 14.9 Å². The molecule has 0 radical (unpaired) electrons. The summed E-state index contributed by atoms with van der Waals surface area (Å²) in [6.45, 7) is 4.77. The topological polar surface area (TPSA) is 51.2 Å². The quantitative estimate of drug-likeness (QED) is 0.944. The predicted octanol–water partition coefficient (Wildman–Crippen LogP) is 2.90. The lowest BCUT2D eigenvalue weighted by Crippen LogP contribution is -2.08. The summed E-state index contributed by atoms with van der Waals surface area (Å²) in [5.74, 6) is 0.516. The third-order valence-electron chi connectivity index (χ3n) is 2.70. The molecule has 0 fully saturated rings. The van der Waals surface area contributed by atoms with Crippen LogP contribution in [0.4, 0.5) is 0 Å². The van der Waals surface area contributed by atoms with Crippen molar-refractivity contribution < 1.29 is 9.52 Å². The zero-order valence-corrected chi connectivity index (χ0v) is 11.4. The van der Waals surface area contributed by atoms with E-state index in [1.54, 1.807) is 17.0 Å². The number of aryl methyl sites for hydroxylation is 2. The zero-order chi connectivity index (χ0) is 12.4. The first kappa shape index (κ1) is 12.4. The van der Waals surface area contributed by atoms with E-state index in [4.69, 9.17) is 4.42 Å². The van der Waals surface area contributed by atoms with E-state index in [2.05, 4.69) is 21.0 Å². The van der Waals surface area contributed by atoms with Gasteiger partial charge in [-0.1, -0.05) is 6.92 Å². The Morgan fingerprint density at radius 1 is 1.53 bits per heavy atom. The predicted molar refractivity (Wildman–Crippen MR) is 67.7 cm³/mol. The summed E-state index contributed by atoms with van der Waals surface area (Å²) in [6, 6.07) is 3.69. The van der Waals surface area contributed by atoms with E-state index in [0.29, 0.717) is 5.76 Å². The Labute approximate surface area is 108 Å². The molecule has 0 saturated carbocycles. The third-order valence-corrected chi connectivity index (χ3v) is 3.35. The molecule has 1 N–H and O–H groups in total. The second kappa shape index (κ2) is 5.06. The van der Waals surface area contributed by atoms with Gasteiger partial charge < -0.3 is 9.52 Å². The second-order valence-corrected chi connectivity index (χ2v) is 4.62. The van der Waals surface area contributed by atoms with Gasteiger partial charge in [0.25, 0.3) is 0 Å². The standard InChI is InChI=1S/C12H15BrN2O2/c1-3-8-7-10(15(4-2)14-8)11(16)12-9(13)5-6-17-12/h5-7,11,16H,3-4H2,1-2H3. The van der Waals surface area contributed by atoms with Crippen LogP contribution >= 0.6 is 15.9 Å². The van der Waals surface area contributed by atoms with Gasteiger partial charge in [0.05, 0.1) is 22.1 Å². The van der Waals surface area contributed by atoms with Crippen LogP contribution in [0.3, 0.4) is 0 Å². The van der Waals surface area contributed by atoms with Crippen molar-refractivity contribution in [1.82, 2.24) is 9.78 Å². The van der Waals surface area contributed by atoms with Gasteiger partial charge in [0.1, 0.15) is 0 Å². The molecule has 0 aromatic carbocycles. The number of halogens is 1. The lowest BCUT2D eigenvalue weighted by atomic mass is 10.2. The Kier molecular flexibility index (Phi) is 3.69. The molecular weight excluding hydrogens is 284 g/mol. The number of aromatic nitrogens is 2. The number of rotatable bonds is 4. The van der Waals surface area contributed by atoms with Crippen LogP contribution in [0.1, 0.15) is 37.1 Å². The van der Waals surface area contributed by atoms with E-state index < -0.39 is 6.10 Å². The van der Waals surface area contributed by atoms with E-state index in [1.165, 1.54) is 0 Å². The minimum absolute atomic E-state index is 0.516. The fourth-order valence-corrected chi connectivity index (χ4v) is 2.19. The Balaban J connectivity index is 2.39. The molecule has 92 valence electrons. The maximum Gasteiger partial charge on any atom is 0.154 e. The van der Waals surface area contributed by atoms with Gasteiger partial charge in [-0.05, 0) is 41.4 Å². The van der Waals surface area contributed by atoms with Crippen LogP contribution in [0.5, 0.6) is 0 Å². The fourth-order valence-electron chi connectivity index (χ4n) is 1.77. The summed E-state index contributed by atoms with van der Waals surface area (Å²) in [4.78, 5) is 0. The summed E-state index contributed by atoms with van der Waals surface area (Å²) in [5.41, 5.74) is 1.74. The van der Waals surface area contributed by atoms with Crippen molar-refractivity contribution in [2.24, 2.45) is 0 Å². The van der Waals surface area contributed by atoms with Crippen LogP contribution in [0.2, 0.25) is 0 Å². The second-order valence-electron chi connectivity index (χ2n) is 3.77. The van der Waals surface area contributed by atoms with Crippen LogP contribution in [0, 0.1) is 0 Å². The molecule has 2 aromatic rings. The summed E-state index contributed by atoms with van der Waals surface area (Å²) in [7, 11) is 0. The first-order chi connectivity index (χ1) is 8.17. The van der Waals surface area contributed by atoms with Crippen LogP contribution in [0.25, 0.3) is 0 Å². The number of aliphatic hydroxyl groups excluding tert-OH is 1. The van der Waals surface area contributed by atoms with E-state index in [-0.39, 0.29) is 0 Å². The Bertz CT molecular complexity index is 504. The maximum absolute atomic E-state index is 10.3. The number of nitrogens with zero attached hydrogens (tertiary/aromatic N) is 2. The molecule has 0 saturated heterocycles. The van der Waals surface area contributed by atoms with E-state index in [0.717, 1.165) is 28.8 Å². The van der Waals surface area contributed by atoms with Gasteiger partial charge in [-0.25, -0.2) is 0 Å². The third kappa shape index (κ3) is 2.30. The molecule has 1 unspecified atom stereocenters. The molecule has 2 rings (SSSR count). The number of furan rings is 1. The highest BCUT2D eigenvalue weighted by molar-refractivity contribution is 9.10. The molecule has 0 spiro atoms. The zero-order valence-electron chi connectivity index (χ0n) is 9.85. The van der Waals surface area contributed by atoms with Crippen molar-refractivity contribution in [2.45, 2.75) is 32.9 Å². The summed E-state index contributed by atoms with van der Waals surface area (Å²) >= 11 is 3.35. The molecule has 0 aliphatic rings. The summed E-state index contributed by atoms with van der Waals surface area (Å²) in [6.07, 6.45) is 1.62. The van der Waals surface area contributed by atoms with Crippen LogP contribution in [-0.2, 0) is 13.0 Å². The van der Waals surface area contributed by atoms with E-state index >= 15 is 0 Å². The number of aliphatic hydroxyl groups is 1. The monoisotopic (exact) mass is 298 g/mol. The average Bonchev–Trinajstić information content (AvgIpc) is 2.93. The molecule has 0 amide bonds. The van der Waals surface area contributed by atoms with Gasteiger partial charge in [-0.2, -0.15) is 5.10 Å². The van der Waals surface area contributed by atoms with Crippen molar-refractivity contribution in [2.75, 3.05) is 0 Å². The van der Waals surface area contributed by atoms with Gasteiger partial charge in [0, 0.05) is 6.54 Å². The summed E-state index contributed by atoms with van der Waals surface area (Å²) < 4.78 is 7.86. The summed E-state index contributed by atoms with van der Waals surface area (Å²) in [5, 5.41) is 14.7. The van der Waals surface area contributed by atoms with E-state index in [9.17, 15) is 5.11 Å². The first-order valence-corrected chi connectivity index (χ1v) is 6.44. The molecule has 5 heteroatoms. The molecule has 1 atom stereocenters. The molecule has 0 bridgehead atoms. The average molecular weight is 299 g/mol. The van der Waals surface area contributed by atoms with Crippen molar-refractivity contribution in [3.8, 4) is 0 Å². The largest absolute Gasteiger partial charge is 0.465 e. The van der Waals surface area contributed by atoms with E-state index in [1.807, 2.05) is 19.9 Å². The smallest absolute Gasteiger partial charge is 0.154 e. The SMILES string of the molecule is CCc1cc(C(O)c2occc2Br)n(CC)n1. The highest BCUT2D eigenvalue weighted by Crippen LogP contribution is 2.29. The Morgan fingerprint density at radius 2 is 2.29 bits per heavy atom. The molecule has 2 aromatic heterocycles. The fraction of sp³-hybridized carbons (Fsp3) is 0.417. The normalized spacial score (nSPS) is 12.9. The van der Waals surface area contributed by atoms with Gasteiger partial charge in [-0.3, -0.25) is 4.68 Å². The highest BCUT2D eigenvalue weighted by Gasteiger charge is 2.21. The van der Waals surface area contributed by atoms with Gasteiger partial charge >= 0.3 is 0 Å². The first-order valence-electron chi connectivity index (χ1n) is 5.64. The Hall–Kier alpha value is -1.07. The molecule has 0 aliphatic carbocycles. The van der Waals surface area contributed by atoms with Crippen molar-refractivity contribution >= 4 is 15.9 Å². The highest BCUT2D eigenvalue weighted by atomic mass is 79.9. The van der Waals surface area contributed by atoms with Gasteiger partial charge in [-0.15, -0.1) is 0 Å². The van der Waals surface area contributed by atoms with Crippen molar-refractivity contribution in [1.29, 1.82) is 0 Å². The van der Waals surface area contributed by atoms with Crippen molar-refractivity contribution in [3.63, 3.8) is 0 Å². The molecule has 2 heterocycles. The molecule has 17 heavy (non-hydrogen) atoms. The molecular formula is C12H15BrN2O2. The Morgan fingerprint density at radius 3 is 2.82 bits per heavy atom. The van der Waals surface area contributed by atoms with Crippen LogP contribution < -0.4 is 0 Å². The van der Waals surface area contributed by atoms with Gasteiger partial charge in [0.15, 0.2) is 11.9 Å². The lowest BCUT2D eigenvalue weighted by Gasteiger charge is -2.10. The lowest BCUT2D eigenvalue weighted by molar-refractivity contribution is 0.177. The van der Waals surface area contributed by atoms with Crippen LogP contribution in [0.15, 0.2) is 27.3 Å². The molecule has 0 aliphatic heterocycles.